The number of benzene rings is 2. The van der Waals surface area contributed by atoms with Crippen molar-refractivity contribution in [3.63, 3.8) is 0 Å². The van der Waals surface area contributed by atoms with Crippen molar-refractivity contribution in [1.29, 1.82) is 0 Å². The molecule has 0 unspecified atom stereocenters. The van der Waals surface area contributed by atoms with Crippen molar-refractivity contribution in [2.24, 2.45) is 5.41 Å². The SMILES string of the molecule is CC(C)(C)C(=O)Nc1ccc(S(=O)(=O)NCCc2ccccc2)cc1. The van der Waals surface area contributed by atoms with Crippen LogP contribution in [0, 0.1) is 5.41 Å². The smallest absolute Gasteiger partial charge is 0.240 e. The summed E-state index contributed by atoms with van der Waals surface area (Å²) in [6.45, 7) is 5.78. The second-order valence-corrected chi connectivity index (χ2v) is 8.63. The molecule has 0 radical (unpaired) electrons. The number of carbonyl (C=O) groups is 1. The van der Waals surface area contributed by atoms with Gasteiger partial charge in [0.25, 0.3) is 0 Å². The van der Waals surface area contributed by atoms with Gasteiger partial charge < -0.3 is 5.32 Å². The summed E-state index contributed by atoms with van der Waals surface area (Å²) in [6, 6.07) is 15.9. The molecule has 5 nitrogen and oxygen atoms in total. The van der Waals surface area contributed by atoms with Crippen molar-refractivity contribution in [2.45, 2.75) is 32.1 Å². The average molecular weight is 360 g/mol. The van der Waals surface area contributed by atoms with Crippen molar-refractivity contribution >= 4 is 21.6 Å². The van der Waals surface area contributed by atoms with Crippen molar-refractivity contribution in [3.8, 4) is 0 Å². The second kappa shape index (κ2) is 7.80. The van der Waals surface area contributed by atoms with Crippen LogP contribution in [0.3, 0.4) is 0 Å². The molecule has 0 aliphatic carbocycles. The highest BCUT2D eigenvalue weighted by Gasteiger charge is 2.21. The van der Waals surface area contributed by atoms with E-state index in [1.807, 2.05) is 51.1 Å². The van der Waals surface area contributed by atoms with Crippen LogP contribution in [-0.4, -0.2) is 20.9 Å². The Labute approximate surface area is 149 Å². The molecular weight excluding hydrogens is 336 g/mol. The first-order valence-electron chi connectivity index (χ1n) is 8.13. The Bertz CT molecular complexity index is 808. The van der Waals surface area contributed by atoms with Crippen LogP contribution in [-0.2, 0) is 21.2 Å². The highest BCUT2D eigenvalue weighted by Crippen LogP contribution is 2.19. The van der Waals surface area contributed by atoms with Crippen molar-refractivity contribution in [3.05, 3.63) is 60.2 Å². The molecule has 0 aromatic heterocycles. The zero-order valence-corrected chi connectivity index (χ0v) is 15.6. The number of hydrogen-bond donors (Lipinski definition) is 2. The molecule has 0 aliphatic rings. The van der Waals surface area contributed by atoms with Gasteiger partial charge in [0, 0.05) is 17.6 Å². The Morgan fingerprint density at radius 2 is 1.56 bits per heavy atom. The summed E-state index contributed by atoms with van der Waals surface area (Å²) in [4.78, 5) is 12.1. The summed E-state index contributed by atoms with van der Waals surface area (Å²) >= 11 is 0. The molecule has 6 heteroatoms. The molecule has 25 heavy (non-hydrogen) atoms. The van der Waals surface area contributed by atoms with Gasteiger partial charge >= 0.3 is 0 Å². The van der Waals surface area contributed by atoms with E-state index in [0.717, 1.165) is 5.56 Å². The maximum Gasteiger partial charge on any atom is 0.240 e. The van der Waals surface area contributed by atoms with E-state index in [2.05, 4.69) is 10.0 Å². The maximum atomic E-state index is 12.3. The van der Waals surface area contributed by atoms with Gasteiger partial charge in [0.15, 0.2) is 0 Å². The van der Waals surface area contributed by atoms with Crippen molar-refractivity contribution in [2.75, 3.05) is 11.9 Å². The van der Waals surface area contributed by atoms with Crippen LogP contribution in [0.4, 0.5) is 5.69 Å². The van der Waals surface area contributed by atoms with E-state index < -0.39 is 15.4 Å². The Hall–Kier alpha value is -2.18. The molecule has 0 fully saturated rings. The summed E-state index contributed by atoms with van der Waals surface area (Å²) in [5, 5.41) is 2.77. The molecule has 2 N–H and O–H groups in total. The van der Waals surface area contributed by atoms with E-state index in [1.165, 1.54) is 12.1 Å². The molecule has 0 saturated heterocycles. The minimum atomic E-state index is -3.57. The van der Waals surface area contributed by atoms with E-state index in [1.54, 1.807) is 12.1 Å². The third-order valence-electron chi connectivity index (χ3n) is 3.65. The number of nitrogens with one attached hydrogen (secondary N) is 2. The maximum absolute atomic E-state index is 12.3. The van der Waals surface area contributed by atoms with Crippen LogP contribution in [0.2, 0.25) is 0 Å². The predicted octanol–water partition coefficient (Wildman–Crippen LogP) is 3.19. The standard InChI is InChI=1S/C19H24N2O3S/c1-19(2,3)18(22)21-16-9-11-17(12-10-16)25(23,24)20-14-13-15-7-5-4-6-8-15/h4-12,20H,13-14H2,1-3H3,(H,21,22). The molecular formula is C19H24N2O3S. The minimum absolute atomic E-state index is 0.121. The summed E-state index contributed by atoms with van der Waals surface area (Å²) in [6.07, 6.45) is 0.625. The van der Waals surface area contributed by atoms with Gasteiger partial charge in [-0.25, -0.2) is 13.1 Å². The molecule has 2 aromatic rings. The van der Waals surface area contributed by atoms with Crippen LogP contribution in [0.5, 0.6) is 0 Å². The topological polar surface area (TPSA) is 75.3 Å². The predicted molar refractivity (Wildman–Crippen MR) is 99.9 cm³/mol. The van der Waals surface area contributed by atoms with Gasteiger partial charge in [-0.15, -0.1) is 0 Å². The van der Waals surface area contributed by atoms with Crippen molar-refractivity contribution in [1.82, 2.24) is 4.72 Å². The summed E-state index contributed by atoms with van der Waals surface area (Å²) < 4.78 is 27.2. The largest absolute Gasteiger partial charge is 0.326 e. The fourth-order valence-corrected chi connectivity index (χ4v) is 3.13. The molecule has 0 atom stereocenters. The van der Waals surface area contributed by atoms with Crippen LogP contribution in [0.15, 0.2) is 59.5 Å². The highest BCUT2D eigenvalue weighted by atomic mass is 32.2. The summed E-state index contributed by atoms with van der Waals surface area (Å²) in [7, 11) is -3.57. The van der Waals surface area contributed by atoms with E-state index in [4.69, 9.17) is 0 Å². The lowest BCUT2D eigenvalue weighted by Crippen LogP contribution is -2.28. The average Bonchev–Trinajstić information content (AvgIpc) is 2.55. The molecule has 0 spiro atoms. The normalized spacial score (nSPS) is 12.0. The third-order valence-corrected chi connectivity index (χ3v) is 5.13. The molecule has 2 aromatic carbocycles. The van der Waals surface area contributed by atoms with E-state index >= 15 is 0 Å². The second-order valence-electron chi connectivity index (χ2n) is 6.86. The Kier molecular flexibility index (Phi) is 5.98. The van der Waals surface area contributed by atoms with E-state index in [0.29, 0.717) is 18.7 Å². The molecule has 2 rings (SSSR count). The quantitative estimate of drug-likeness (QED) is 0.831. The number of sulfonamides is 1. The van der Waals surface area contributed by atoms with Crippen LogP contribution in [0.25, 0.3) is 0 Å². The van der Waals surface area contributed by atoms with E-state index in [-0.39, 0.29) is 10.8 Å². The zero-order valence-electron chi connectivity index (χ0n) is 14.7. The van der Waals surface area contributed by atoms with Gasteiger partial charge in [-0.1, -0.05) is 51.1 Å². The number of amides is 1. The van der Waals surface area contributed by atoms with Crippen molar-refractivity contribution < 1.29 is 13.2 Å². The van der Waals surface area contributed by atoms with Gasteiger partial charge in [-0.05, 0) is 36.2 Å². The van der Waals surface area contributed by atoms with Crippen LogP contribution >= 0.6 is 0 Å². The Balaban J connectivity index is 1.96. The number of carbonyl (C=O) groups excluding carboxylic acids is 1. The monoisotopic (exact) mass is 360 g/mol. The first-order valence-corrected chi connectivity index (χ1v) is 9.62. The summed E-state index contributed by atoms with van der Waals surface area (Å²) in [5.41, 5.74) is 1.14. The first-order chi connectivity index (χ1) is 11.7. The molecule has 0 aliphatic heterocycles. The van der Waals surface area contributed by atoms with Crippen LogP contribution < -0.4 is 10.0 Å². The number of rotatable bonds is 6. The van der Waals surface area contributed by atoms with Gasteiger partial charge in [-0.2, -0.15) is 0 Å². The number of anilines is 1. The highest BCUT2D eigenvalue weighted by molar-refractivity contribution is 7.89. The first kappa shape index (κ1) is 19.1. The van der Waals surface area contributed by atoms with Gasteiger partial charge in [0.2, 0.25) is 15.9 Å². The van der Waals surface area contributed by atoms with Gasteiger partial charge in [0.05, 0.1) is 4.90 Å². The lowest BCUT2D eigenvalue weighted by atomic mass is 9.95. The molecule has 0 heterocycles. The Morgan fingerprint density at radius 3 is 2.12 bits per heavy atom. The lowest BCUT2D eigenvalue weighted by molar-refractivity contribution is -0.123. The van der Waals surface area contributed by atoms with Gasteiger partial charge in [0.1, 0.15) is 0 Å². The molecule has 0 saturated carbocycles. The zero-order chi connectivity index (χ0) is 18.5. The minimum Gasteiger partial charge on any atom is -0.326 e. The molecule has 0 bridgehead atoms. The van der Waals surface area contributed by atoms with Crippen LogP contribution in [0.1, 0.15) is 26.3 Å². The third kappa shape index (κ3) is 5.69. The number of hydrogen-bond acceptors (Lipinski definition) is 3. The van der Waals surface area contributed by atoms with E-state index in [9.17, 15) is 13.2 Å². The molecule has 134 valence electrons. The van der Waals surface area contributed by atoms with Gasteiger partial charge in [-0.3, -0.25) is 4.79 Å². The lowest BCUT2D eigenvalue weighted by Gasteiger charge is -2.17. The fraction of sp³-hybridized carbons (Fsp3) is 0.316. The fourth-order valence-electron chi connectivity index (χ4n) is 2.09. The molecule has 1 amide bonds. The summed E-state index contributed by atoms with van der Waals surface area (Å²) in [5.74, 6) is -0.121. The Morgan fingerprint density at radius 1 is 0.960 bits per heavy atom.